The number of fused-ring (bicyclic) bond motifs is 1. The van der Waals surface area contributed by atoms with Crippen LogP contribution in [0.5, 0.6) is 11.5 Å². The van der Waals surface area contributed by atoms with Gasteiger partial charge in [0.1, 0.15) is 17.7 Å². The minimum Gasteiger partial charge on any atom is -0.486 e. The Morgan fingerprint density at radius 1 is 1.23 bits per heavy atom. The van der Waals surface area contributed by atoms with E-state index in [1.165, 1.54) is 11.3 Å². The van der Waals surface area contributed by atoms with Crippen LogP contribution in [-0.4, -0.2) is 35.1 Å². The van der Waals surface area contributed by atoms with Gasteiger partial charge in [-0.15, -0.1) is 11.3 Å². The van der Waals surface area contributed by atoms with Crippen LogP contribution >= 0.6 is 11.3 Å². The minimum absolute atomic E-state index is 0.0875. The maximum absolute atomic E-state index is 12.2. The molecule has 3 heterocycles. The van der Waals surface area contributed by atoms with E-state index in [2.05, 4.69) is 15.3 Å². The molecule has 0 saturated carbocycles. The molecule has 0 bridgehead atoms. The van der Waals surface area contributed by atoms with Crippen molar-refractivity contribution in [2.24, 2.45) is 0 Å². The second-order valence-corrected chi connectivity index (χ2v) is 6.72. The summed E-state index contributed by atoms with van der Waals surface area (Å²) in [7, 11) is 0. The molecular formula is C19H17N3O3S. The molecule has 2 aromatic heterocycles. The van der Waals surface area contributed by atoms with Crippen molar-refractivity contribution < 1.29 is 14.3 Å². The summed E-state index contributed by atoms with van der Waals surface area (Å²) < 4.78 is 11.5. The Labute approximate surface area is 154 Å². The van der Waals surface area contributed by atoms with Gasteiger partial charge in [-0.1, -0.05) is 12.1 Å². The maximum Gasteiger partial charge on any atom is 0.226 e. The van der Waals surface area contributed by atoms with Gasteiger partial charge in [-0.3, -0.25) is 9.78 Å². The van der Waals surface area contributed by atoms with Gasteiger partial charge in [-0.25, -0.2) is 4.98 Å². The Bertz CT molecular complexity index is 898. The third kappa shape index (κ3) is 3.83. The van der Waals surface area contributed by atoms with Gasteiger partial charge in [0.25, 0.3) is 0 Å². The van der Waals surface area contributed by atoms with E-state index >= 15 is 0 Å². The molecule has 0 aliphatic carbocycles. The molecule has 1 aliphatic heterocycles. The molecule has 1 unspecified atom stereocenters. The van der Waals surface area contributed by atoms with E-state index in [0.29, 0.717) is 18.9 Å². The van der Waals surface area contributed by atoms with Crippen LogP contribution in [0.1, 0.15) is 5.69 Å². The lowest BCUT2D eigenvalue weighted by molar-refractivity contribution is -0.121. The van der Waals surface area contributed by atoms with Crippen LogP contribution < -0.4 is 14.8 Å². The fourth-order valence-corrected chi connectivity index (χ4v) is 3.44. The third-order valence-electron chi connectivity index (χ3n) is 3.90. The van der Waals surface area contributed by atoms with Crippen molar-refractivity contribution >= 4 is 17.2 Å². The second-order valence-electron chi connectivity index (χ2n) is 5.86. The number of carbonyl (C=O) groups is 1. The Morgan fingerprint density at radius 2 is 2.12 bits per heavy atom. The van der Waals surface area contributed by atoms with Crippen molar-refractivity contribution in [3.63, 3.8) is 0 Å². The van der Waals surface area contributed by atoms with Gasteiger partial charge < -0.3 is 14.8 Å². The molecule has 0 saturated heterocycles. The largest absolute Gasteiger partial charge is 0.486 e. The van der Waals surface area contributed by atoms with Gasteiger partial charge >= 0.3 is 0 Å². The van der Waals surface area contributed by atoms with Crippen molar-refractivity contribution in [1.82, 2.24) is 15.3 Å². The Kier molecular flexibility index (Phi) is 4.79. The van der Waals surface area contributed by atoms with E-state index in [-0.39, 0.29) is 18.4 Å². The summed E-state index contributed by atoms with van der Waals surface area (Å²) in [6, 6.07) is 11.3. The molecule has 0 fully saturated rings. The standard InChI is InChI=1S/C19H17N3O3S/c23-18(8-14-12-26-19(22-14)13-4-3-7-20-9-13)21-10-15-11-24-16-5-1-2-6-17(16)25-15/h1-7,9,12,15H,8,10-11H2,(H,21,23). The number of hydrogen-bond acceptors (Lipinski definition) is 6. The zero-order valence-electron chi connectivity index (χ0n) is 13.9. The summed E-state index contributed by atoms with van der Waals surface area (Å²) in [5.41, 5.74) is 1.70. The van der Waals surface area contributed by atoms with Gasteiger partial charge in [0.05, 0.1) is 18.7 Å². The molecule has 3 aromatic rings. The van der Waals surface area contributed by atoms with Gasteiger partial charge in [0.15, 0.2) is 11.5 Å². The Hall–Kier alpha value is -2.93. The van der Waals surface area contributed by atoms with Crippen LogP contribution in [0.15, 0.2) is 54.2 Å². The number of para-hydroxylation sites is 2. The maximum atomic E-state index is 12.2. The number of aromatic nitrogens is 2. The number of amides is 1. The SMILES string of the molecule is O=C(Cc1csc(-c2cccnc2)n1)NCC1COc2ccccc2O1. The van der Waals surface area contributed by atoms with Gasteiger partial charge in [0.2, 0.25) is 5.91 Å². The van der Waals surface area contributed by atoms with Crippen molar-refractivity contribution in [2.75, 3.05) is 13.2 Å². The van der Waals surface area contributed by atoms with Gasteiger partial charge in [0, 0.05) is 23.3 Å². The van der Waals surface area contributed by atoms with Gasteiger partial charge in [-0.2, -0.15) is 0 Å². The summed E-state index contributed by atoms with van der Waals surface area (Å²) in [4.78, 5) is 20.8. The number of nitrogens with zero attached hydrogens (tertiary/aromatic N) is 2. The van der Waals surface area contributed by atoms with E-state index in [9.17, 15) is 4.79 Å². The highest BCUT2D eigenvalue weighted by Crippen LogP contribution is 2.30. The van der Waals surface area contributed by atoms with Crippen LogP contribution in [0.4, 0.5) is 0 Å². The summed E-state index contributed by atoms with van der Waals surface area (Å²) in [6.45, 7) is 0.811. The fourth-order valence-electron chi connectivity index (χ4n) is 2.63. The molecule has 1 N–H and O–H groups in total. The number of benzene rings is 1. The highest BCUT2D eigenvalue weighted by molar-refractivity contribution is 7.13. The molecule has 1 atom stereocenters. The summed E-state index contributed by atoms with van der Waals surface area (Å²) >= 11 is 1.51. The fraction of sp³-hybridized carbons (Fsp3) is 0.211. The molecule has 1 aliphatic rings. The number of ether oxygens (including phenoxy) is 2. The van der Waals surface area contributed by atoms with Crippen LogP contribution in [-0.2, 0) is 11.2 Å². The molecular weight excluding hydrogens is 350 g/mol. The first-order valence-electron chi connectivity index (χ1n) is 8.28. The van der Waals surface area contributed by atoms with E-state index in [4.69, 9.17) is 9.47 Å². The number of pyridine rings is 1. The molecule has 1 amide bonds. The van der Waals surface area contributed by atoms with E-state index in [1.807, 2.05) is 41.8 Å². The second kappa shape index (κ2) is 7.53. The number of nitrogens with one attached hydrogen (secondary N) is 1. The van der Waals surface area contributed by atoms with Crippen molar-refractivity contribution in [2.45, 2.75) is 12.5 Å². The molecule has 0 radical (unpaired) electrons. The van der Waals surface area contributed by atoms with E-state index in [0.717, 1.165) is 22.0 Å². The normalized spacial score (nSPS) is 15.5. The predicted molar refractivity (Wildman–Crippen MR) is 98.4 cm³/mol. The van der Waals surface area contributed by atoms with Crippen molar-refractivity contribution in [3.05, 3.63) is 59.9 Å². The number of rotatable bonds is 5. The lowest BCUT2D eigenvalue weighted by Crippen LogP contribution is -2.41. The molecule has 7 heteroatoms. The number of hydrogen-bond donors (Lipinski definition) is 1. The average molecular weight is 367 g/mol. The van der Waals surface area contributed by atoms with Crippen molar-refractivity contribution in [3.8, 4) is 22.1 Å². The first kappa shape index (κ1) is 16.5. The van der Waals surface area contributed by atoms with Gasteiger partial charge in [-0.05, 0) is 24.3 Å². The lowest BCUT2D eigenvalue weighted by atomic mass is 10.2. The first-order chi connectivity index (χ1) is 12.8. The molecule has 6 nitrogen and oxygen atoms in total. The summed E-state index contributed by atoms with van der Waals surface area (Å²) in [6.07, 6.45) is 3.53. The summed E-state index contributed by atoms with van der Waals surface area (Å²) in [5, 5.41) is 5.65. The third-order valence-corrected chi connectivity index (χ3v) is 4.84. The lowest BCUT2D eigenvalue weighted by Gasteiger charge is -2.26. The molecule has 132 valence electrons. The molecule has 4 rings (SSSR count). The first-order valence-corrected chi connectivity index (χ1v) is 9.16. The van der Waals surface area contributed by atoms with Crippen LogP contribution in [0, 0.1) is 0 Å². The van der Waals surface area contributed by atoms with Crippen molar-refractivity contribution in [1.29, 1.82) is 0 Å². The highest BCUT2D eigenvalue weighted by atomic mass is 32.1. The monoisotopic (exact) mass is 367 g/mol. The smallest absolute Gasteiger partial charge is 0.226 e. The quantitative estimate of drug-likeness (QED) is 0.751. The number of carbonyl (C=O) groups excluding carboxylic acids is 1. The van der Waals surface area contributed by atoms with Crippen LogP contribution in [0.2, 0.25) is 0 Å². The van der Waals surface area contributed by atoms with Crippen LogP contribution in [0.3, 0.4) is 0 Å². The van der Waals surface area contributed by atoms with E-state index < -0.39 is 0 Å². The minimum atomic E-state index is -0.199. The average Bonchev–Trinajstić information content (AvgIpc) is 3.15. The molecule has 26 heavy (non-hydrogen) atoms. The van der Waals surface area contributed by atoms with Crippen LogP contribution in [0.25, 0.3) is 10.6 Å². The zero-order valence-corrected chi connectivity index (χ0v) is 14.7. The zero-order chi connectivity index (χ0) is 17.8. The molecule has 1 aromatic carbocycles. The Morgan fingerprint density at radius 3 is 2.96 bits per heavy atom. The number of thiazole rings is 1. The summed E-state index contributed by atoms with van der Waals surface area (Å²) in [5.74, 6) is 1.36. The predicted octanol–water partition coefficient (Wildman–Crippen LogP) is 2.70. The highest BCUT2D eigenvalue weighted by Gasteiger charge is 2.21. The van der Waals surface area contributed by atoms with E-state index in [1.54, 1.807) is 12.4 Å². The Balaban J connectivity index is 1.29. The topological polar surface area (TPSA) is 73.3 Å². The molecule has 0 spiro atoms.